The summed E-state index contributed by atoms with van der Waals surface area (Å²) in [5.41, 5.74) is 6.38. The maximum absolute atomic E-state index is 12.6. The van der Waals surface area contributed by atoms with Crippen LogP contribution in [-0.4, -0.2) is 20.4 Å². The van der Waals surface area contributed by atoms with Crippen LogP contribution in [0.3, 0.4) is 0 Å². The van der Waals surface area contributed by atoms with Crippen LogP contribution in [0, 0.1) is 0 Å². The number of anilines is 1. The number of thiazole rings is 1. The van der Waals surface area contributed by atoms with Crippen LogP contribution in [0.1, 0.15) is 12.5 Å². The molecule has 0 aliphatic rings. The molecule has 0 aliphatic heterocycles. The fraction of sp³-hybridized carbons (Fsp3) is 0.150. The molecular weight excluding hydrogens is 344 g/mol. The van der Waals surface area contributed by atoms with Crippen molar-refractivity contribution in [2.45, 2.75) is 19.9 Å². The molecule has 0 unspecified atom stereocenters. The molecule has 2 aromatic carbocycles. The molecule has 6 heteroatoms. The quantitative estimate of drug-likeness (QED) is 0.574. The van der Waals surface area contributed by atoms with E-state index < -0.39 is 0 Å². The van der Waals surface area contributed by atoms with Crippen molar-refractivity contribution in [3.05, 3.63) is 65.0 Å². The largest absolute Gasteiger partial charge is 0.325 e. The van der Waals surface area contributed by atoms with Gasteiger partial charge in [0.15, 0.2) is 5.82 Å². The number of fused-ring (bicyclic) bond motifs is 1. The number of benzene rings is 2. The fourth-order valence-corrected chi connectivity index (χ4v) is 3.45. The number of carbonyl (C=O) groups excluding carboxylic acids is 1. The van der Waals surface area contributed by atoms with Gasteiger partial charge < -0.3 is 9.88 Å². The smallest absolute Gasteiger partial charge is 0.244 e. The van der Waals surface area contributed by atoms with Crippen molar-refractivity contribution in [2.75, 3.05) is 5.32 Å². The predicted octanol–water partition coefficient (Wildman–Crippen LogP) is 4.36. The number of hydrogen-bond donors (Lipinski definition) is 1. The number of aromatic nitrogens is 3. The molecule has 0 saturated heterocycles. The van der Waals surface area contributed by atoms with Crippen LogP contribution in [-0.2, 0) is 17.8 Å². The Bertz CT molecular complexity index is 1040. The Morgan fingerprint density at radius 1 is 1.15 bits per heavy atom. The first-order valence-electron chi connectivity index (χ1n) is 8.47. The number of para-hydroxylation sites is 2. The number of nitrogens with zero attached hydrogens (tertiary/aromatic N) is 3. The summed E-state index contributed by atoms with van der Waals surface area (Å²) in [6.45, 7) is 2.29. The van der Waals surface area contributed by atoms with E-state index in [-0.39, 0.29) is 12.5 Å². The summed E-state index contributed by atoms with van der Waals surface area (Å²) in [6, 6.07) is 15.7. The van der Waals surface area contributed by atoms with E-state index in [1.807, 2.05) is 58.5 Å². The number of nitrogens with one attached hydrogen (secondary N) is 1. The molecule has 4 rings (SSSR count). The second kappa shape index (κ2) is 7.09. The van der Waals surface area contributed by atoms with Gasteiger partial charge in [0.25, 0.3) is 0 Å². The average molecular weight is 362 g/mol. The van der Waals surface area contributed by atoms with Gasteiger partial charge in [-0.15, -0.1) is 11.3 Å². The van der Waals surface area contributed by atoms with Crippen LogP contribution >= 0.6 is 11.3 Å². The number of imidazole rings is 1. The van der Waals surface area contributed by atoms with Gasteiger partial charge in [-0.05, 0) is 36.2 Å². The standard InChI is InChI=1S/C20H18N4OS/c1-2-14-7-9-15(10-8-14)22-19(25)11-24-18-6-4-3-5-16(18)23-20(24)17-12-26-13-21-17/h3-10,12-13H,2,11H2,1H3,(H,22,25). The van der Waals surface area contributed by atoms with E-state index in [9.17, 15) is 4.79 Å². The lowest BCUT2D eigenvalue weighted by atomic mass is 10.1. The summed E-state index contributed by atoms with van der Waals surface area (Å²) < 4.78 is 1.92. The van der Waals surface area contributed by atoms with Crippen molar-refractivity contribution in [3.8, 4) is 11.5 Å². The lowest BCUT2D eigenvalue weighted by Crippen LogP contribution is -2.19. The van der Waals surface area contributed by atoms with Crippen LogP contribution in [0.2, 0.25) is 0 Å². The molecule has 130 valence electrons. The number of carbonyl (C=O) groups is 1. The number of hydrogen-bond acceptors (Lipinski definition) is 4. The second-order valence-electron chi connectivity index (χ2n) is 5.98. The van der Waals surface area contributed by atoms with Crippen molar-refractivity contribution >= 4 is 34.0 Å². The number of aryl methyl sites for hydroxylation is 1. The molecule has 2 heterocycles. The van der Waals surface area contributed by atoms with Gasteiger partial charge in [0.2, 0.25) is 5.91 Å². The zero-order valence-electron chi connectivity index (χ0n) is 14.3. The molecule has 2 aromatic heterocycles. The van der Waals surface area contributed by atoms with E-state index in [2.05, 4.69) is 22.2 Å². The molecule has 1 amide bonds. The highest BCUT2D eigenvalue weighted by Crippen LogP contribution is 2.24. The van der Waals surface area contributed by atoms with Crippen molar-refractivity contribution in [2.24, 2.45) is 0 Å². The summed E-state index contributed by atoms with van der Waals surface area (Å²) in [7, 11) is 0. The summed E-state index contributed by atoms with van der Waals surface area (Å²) in [4.78, 5) is 21.6. The van der Waals surface area contributed by atoms with Crippen LogP contribution in [0.25, 0.3) is 22.6 Å². The van der Waals surface area contributed by atoms with E-state index in [0.29, 0.717) is 5.82 Å². The third kappa shape index (κ3) is 3.23. The van der Waals surface area contributed by atoms with Gasteiger partial charge in [-0.25, -0.2) is 9.97 Å². The molecule has 1 N–H and O–H groups in total. The van der Waals surface area contributed by atoms with Gasteiger partial charge in [0, 0.05) is 11.1 Å². The van der Waals surface area contributed by atoms with Crippen LogP contribution < -0.4 is 5.32 Å². The SMILES string of the molecule is CCc1ccc(NC(=O)Cn2c(-c3cscn3)nc3ccccc32)cc1. The Hall–Kier alpha value is -2.99. The average Bonchev–Trinajstić information content (AvgIpc) is 3.31. The first kappa shape index (κ1) is 16.5. The van der Waals surface area contributed by atoms with E-state index in [4.69, 9.17) is 0 Å². The first-order valence-corrected chi connectivity index (χ1v) is 9.41. The molecule has 4 aromatic rings. The van der Waals surface area contributed by atoms with Gasteiger partial charge in [0.05, 0.1) is 16.5 Å². The molecule has 0 bridgehead atoms. The zero-order chi connectivity index (χ0) is 17.9. The highest BCUT2D eigenvalue weighted by Gasteiger charge is 2.16. The number of amides is 1. The van der Waals surface area contributed by atoms with Crippen molar-refractivity contribution in [3.63, 3.8) is 0 Å². The summed E-state index contributed by atoms with van der Waals surface area (Å²) in [6.07, 6.45) is 0.978. The predicted molar refractivity (Wildman–Crippen MR) is 105 cm³/mol. The highest BCUT2D eigenvalue weighted by atomic mass is 32.1. The number of rotatable bonds is 5. The Kier molecular flexibility index (Phi) is 4.50. The Labute approximate surface area is 155 Å². The maximum atomic E-state index is 12.6. The van der Waals surface area contributed by atoms with Crippen LogP contribution in [0.15, 0.2) is 59.4 Å². The monoisotopic (exact) mass is 362 g/mol. The molecule has 0 spiro atoms. The van der Waals surface area contributed by atoms with Crippen molar-refractivity contribution < 1.29 is 4.79 Å². The summed E-state index contributed by atoms with van der Waals surface area (Å²) in [5.74, 6) is 0.623. The Morgan fingerprint density at radius 3 is 2.69 bits per heavy atom. The van der Waals surface area contributed by atoms with Crippen molar-refractivity contribution in [1.29, 1.82) is 0 Å². The topological polar surface area (TPSA) is 59.8 Å². The highest BCUT2D eigenvalue weighted by molar-refractivity contribution is 7.07. The minimum atomic E-state index is -0.0890. The second-order valence-corrected chi connectivity index (χ2v) is 6.70. The normalized spacial score (nSPS) is 11.0. The zero-order valence-corrected chi connectivity index (χ0v) is 15.2. The summed E-state index contributed by atoms with van der Waals surface area (Å²) >= 11 is 1.51. The molecule has 0 saturated carbocycles. The van der Waals surface area contributed by atoms with Crippen LogP contribution in [0.5, 0.6) is 0 Å². The third-order valence-electron chi connectivity index (χ3n) is 4.26. The molecular formula is C20H18N4OS. The summed E-state index contributed by atoms with van der Waals surface area (Å²) in [5, 5.41) is 4.91. The minimum Gasteiger partial charge on any atom is -0.325 e. The molecule has 0 radical (unpaired) electrons. The minimum absolute atomic E-state index is 0.0890. The van der Waals surface area contributed by atoms with E-state index in [0.717, 1.165) is 28.8 Å². The van der Waals surface area contributed by atoms with E-state index in [1.165, 1.54) is 16.9 Å². The van der Waals surface area contributed by atoms with Crippen molar-refractivity contribution in [1.82, 2.24) is 14.5 Å². The van der Waals surface area contributed by atoms with Gasteiger partial charge in [-0.1, -0.05) is 31.2 Å². The third-order valence-corrected chi connectivity index (χ3v) is 4.85. The lowest BCUT2D eigenvalue weighted by molar-refractivity contribution is -0.116. The van der Waals surface area contributed by atoms with Crippen LogP contribution in [0.4, 0.5) is 5.69 Å². The first-order chi connectivity index (χ1) is 12.7. The van der Waals surface area contributed by atoms with Gasteiger partial charge in [-0.3, -0.25) is 4.79 Å². The van der Waals surface area contributed by atoms with E-state index in [1.54, 1.807) is 5.51 Å². The van der Waals surface area contributed by atoms with Gasteiger partial charge in [-0.2, -0.15) is 0 Å². The van der Waals surface area contributed by atoms with Gasteiger partial charge >= 0.3 is 0 Å². The maximum Gasteiger partial charge on any atom is 0.244 e. The molecule has 0 atom stereocenters. The molecule has 0 aliphatic carbocycles. The van der Waals surface area contributed by atoms with E-state index >= 15 is 0 Å². The Morgan fingerprint density at radius 2 is 1.96 bits per heavy atom. The molecule has 0 fully saturated rings. The fourth-order valence-electron chi connectivity index (χ4n) is 2.92. The molecule has 5 nitrogen and oxygen atoms in total. The van der Waals surface area contributed by atoms with Gasteiger partial charge in [0.1, 0.15) is 12.2 Å². The molecule has 26 heavy (non-hydrogen) atoms. The Balaban J connectivity index is 1.63. The lowest BCUT2D eigenvalue weighted by Gasteiger charge is -2.09.